The molecule has 0 fully saturated rings. The predicted molar refractivity (Wildman–Crippen MR) is 63.3 cm³/mol. The number of nitrogens with zero attached hydrogens (tertiary/aromatic N) is 3. The zero-order valence-electron chi connectivity index (χ0n) is 9.47. The second-order valence-corrected chi connectivity index (χ2v) is 3.40. The molecule has 1 aromatic heterocycles. The topological polar surface area (TPSA) is 144 Å². The van der Waals surface area contributed by atoms with Crippen LogP contribution >= 0.6 is 0 Å². The summed E-state index contributed by atoms with van der Waals surface area (Å²) in [6.07, 6.45) is 2.34. The van der Waals surface area contributed by atoms with Gasteiger partial charge in [-0.15, -0.1) is 0 Å². The molecule has 3 N–H and O–H groups in total. The molecule has 0 radical (unpaired) electrons. The van der Waals surface area contributed by atoms with Gasteiger partial charge in [0.15, 0.2) is 0 Å². The fourth-order valence-electron chi connectivity index (χ4n) is 1.23. The smallest absolute Gasteiger partial charge is 0.325 e. The van der Waals surface area contributed by atoms with Crippen molar-refractivity contribution in [1.82, 2.24) is 15.3 Å². The quantitative estimate of drug-likeness (QED) is 0.281. The summed E-state index contributed by atoms with van der Waals surface area (Å²) in [6, 6.07) is 0. The van der Waals surface area contributed by atoms with E-state index in [0.29, 0.717) is 25.9 Å². The number of aromatic nitrogens is 2. The molecule has 0 atom stereocenters. The molecule has 0 aliphatic heterocycles. The van der Waals surface area contributed by atoms with Gasteiger partial charge in [0.2, 0.25) is 0 Å². The second kappa shape index (κ2) is 6.92. The molecule has 1 heterocycles. The number of carbonyl (C=O) groups is 1. The van der Waals surface area contributed by atoms with E-state index in [4.69, 9.17) is 5.53 Å². The maximum Gasteiger partial charge on any atom is 0.325 e. The number of carbonyl (C=O) groups excluding carboxylic acids is 1. The molecule has 1 aromatic rings. The molecular weight excluding hydrogens is 240 g/mol. The highest BCUT2D eigenvalue weighted by atomic mass is 16.2. The highest BCUT2D eigenvalue weighted by molar-refractivity contribution is 5.93. The van der Waals surface area contributed by atoms with E-state index < -0.39 is 17.2 Å². The number of amides is 1. The van der Waals surface area contributed by atoms with Crippen molar-refractivity contribution < 1.29 is 4.79 Å². The zero-order valence-corrected chi connectivity index (χ0v) is 9.47. The third kappa shape index (κ3) is 4.14. The predicted octanol–water partition coefficient (Wildman–Crippen LogP) is -0.117. The standard InChI is InChI=1S/C9H12N6O3/c10-15-13-4-2-1-3-11-7(16)6-5-12-9(18)14-8(6)17/h5H,1-4H2,(H,11,16)(H2,12,14,17,18). The zero-order chi connectivity index (χ0) is 13.4. The molecule has 9 heteroatoms. The molecule has 0 saturated heterocycles. The van der Waals surface area contributed by atoms with Crippen LogP contribution in [0.5, 0.6) is 0 Å². The van der Waals surface area contributed by atoms with Gasteiger partial charge in [-0.2, -0.15) is 0 Å². The first-order valence-corrected chi connectivity index (χ1v) is 5.26. The van der Waals surface area contributed by atoms with Crippen molar-refractivity contribution in [2.45, 2.75) is 12.8 Å². The first kappa shape index (κ1) is 13.5. The van der Waals surface area contributed by atoms with Crippen molar-refractivity contribution in [2.24, 2.45) is 5.11 Å². The average molecular weight is 252 g/mol. The fraction of sp³-hybridized carbons (Fsp3) is 0.444. The molecule has 0 unspecified atom stereocenters. The Morgan fingerprint density at radius 2 is 2.22 bits per heavy atom. The maximum atomic E-state index is 11.5. The molecule has 0 aromatic carbocycles. The molecule has 1 rings (SSSR count). The van der Waals surface area contributed by atoms with Crippen molar-refractivity contribution in [3.05, 3.63) is 43.0 Å². The van der Waals surface area contributed by atoms with Gasteiger partial charge in [-0.3, -0.25) is 14.6 Å². The van der Waals surface area contributed by atoms with E-state index >= 15 is 0 Å². The van der Waals surface area contributed by atoms with E-state index in [1.165, 1.54) is 0 Å². The van der Waals surface area contributed by atoms with Gasteiger partial charge >= 0.3 is 5.69 Å². The number of H-pyrrole nitrogens is 2. The van der Waals surface area contributed by atoms with Crippen LogP contribution in [0.3, 0.4) is 0 Å². The summed E-state index contributed by atoms with van der Waals surface area (Å²) in [5.74, 6) is -0.559. The first-order chi connectivity index (χ1) is 8.65. The summed E-state index contributed by atoms with van der Waals surface area (Å²) in [6.45, 7) is 0.726. The van der Waals surface area contributed by atoms with Crippen LogP contribution in [0.15, 0.2) is 20.9 Å². The molecule has 0 spiro atoms. The molecule has 0 bridgehead atoms. The van der Waals surface area contributed by atoms with E-state index in [9.17, 15) is 14.4 Å². The highest BCUT2D eigenvalue weighted by Gasteiger charge is 2.09. The lowest BCUT2D eigenvalue weighted by molar-refractivity contribution is 0.0951. The summed E-state index contributed by atoms with van der Waals surface area (Å²) >= 11 is 0. The molecule has 1 amide bonds. The van der Waals surface area contributed by atoms with Crippen LogP contribution in [0.25, 0.3) is 10.4 Å². The lowest BCUT2D eigenvalue weighted by Gasteiger charge is -2.02. The van der Waals surface area contributed by atoms with Gasteiger partial charge in [-0.1, -0.05) is 5.11 Å². The number of azide groups is 1. The minimum Gasteiger partial charge on any atom is -0.352 e. The summed E-state index contributed by atoms with van der Waals surface area (Å²) in [7, 11) is 0. The SMILES string of the molecule is [N-]=[N+]=NCCCCNC(=O)c1c[nH]c(=O)[nH]c1=O. The van der Waals surface area contributed by atoms with Crippen LogP contribution < -0.4 is 16.6 Å². The Bertz CT molecular complexity index is 568. The van der Waals surface area contributed by atoms with Gasteiger partial charge in [-0.25, -0.2) is 4.79 Å². The molecule has 0 aliphatic rings. The molecule has 0 aliphatic carbocycles. The highest BCUT2D eigenvalue weighted by Crippen LogP contribution is 1.90. The number of aromatic amines is 2. The van der Waals surface area contributed by atoms with Crippen molar-refractivity contribution >= 4 is 5.91 Å². The first-order valence-electron chi connectivity index (χ1n) is 5.26. The largest absolute Gasteiger partial charge is 0.352 e. The van der Waals surface area contributed by atoms with Crippen LogP contribution in [-0.2, 0) is 0 Å². The third-order valence-electron chi connectivity index (χ3n) is 2.10. The van der Waals surface area contributed by atoms with Gasteiger partial charge in [-0.05, 0) is 18.4 Å². The summed E-state index contributed by atoms with van der Waals surface area (Å²) < 4.78 is 0. The summed E-state index contributed by atoms with van der Waals surface area (Å²) in [4.78, 5) is 40.3. The van der Waals surface area contributed by atoms with Crippen LogP contribution in [0.1, 0.15) is 23.2 Å². The summed E-state index contributed by atoms with van der Waals surface area (Å²) in [5.41, 5.74) is 6.49. The lowest BCUT2D eigenvalue weighted by Crippen LogP contribution is -2.33. The lowest BCUT2D eigenvalue weighted by atomic mass is 10.3. The minimum atomic E-state index is -0.731. The Kier molecular flexibility index (Phi) is 5.20. The van der Waals surface area contributed by atoms with Crippen molar-refractivity contribution in [3.63, 3.8) is 0 Å². The monoisotopic (exact) mass is 252 g/mol. The number of hydrogen-bond donors (Lipinski definition) is 3. The number of hydrogen-bond acceptors (Lipinski definition) is 4. The van der Waals surface area contributed by atoms with Crippen molar-refractivity contribution in [3.8, 4) is 0 Å². The third-order valence-corrected chi connectivity index (χ3v) is 2.10. The second-order valence-electron chi connectivity index (χ2n) is 3.40. The van der Waals surface area contributed by atoms with E-state index in [2.05, 4.69) is 20.3 Å². The van der Waals surface area contributed by atoms with Gasteiger partial charge < -0.3 is 10.3 Å². The Balaban J connectivity index is 2.43. The Hall–Kier alpha value is -2.54. The van der Waals surface area contributed by atoms with Crippen molar-refractivity contribution in [1.29, 1.82) is 0 Å². The number of rotatable bonds is 6. The van der Waals surface area contributed by atoms with Crippen LogP contribution in [0.4, 0.5) is 0 Å². The minimum absolute atomic E-state index is 0.148. The Morgan fingerprint density at radius 1 is 1.44 bits per heavy atom. The van der Waals surface area contributed by atoms with Gasteiger partial charge in [0.25, 0.3) is 11.5 Å². The van der Waals surface area contributed by atoms with Gasteiger partial charge in [0.1, 0.15) is 5.56 Å². The van der Waals surface area contributed by atoms with Crippen LogP contribution in [0, 0.1) is 0 Å². The number of nitrogens with one attached hydrogen (secondary N) is 3. The average Bonchev–Trinajstić information content (AvgIpc) is 2.33. The number of unbranched alkanes of at least 4 members (excludes halogenated alkanes) is 1. The maximum absolute atomic E-state index is 11.5. The normalized spacial score (nSPS) is 9.56. The fourth-order valence-corrected chi connectivity index (χ4v) is 1.23. The van der Waals surface area contributed by atoms with Gasteiger partial charge in [0, 0.05) is 24.2 Å². The van der Waals surface area contributed by atoms with E-state index in [-0.39, 0.29) is 5.56 Å². The van der Waals surface area contributed by atoms with Gasteiger partial charge in [0.05, 0.1) is 0 Å². The van der Waals surface area contributed by atoms with E-state index in [1.807, 2.05) is 4.98 Å². The van der Waals surface area contributed by atoms with Crippen LogP contribution in [0.2, 0.25) is 0 Å². The van der Waals surface area contributed by atoms with E-state index in [1.54, 1.807) is 0 Å². The van der Waals surface area contributed by atoms with Crippen LogP contribution in [-0.4, -0.2) is 29.0 Å². The molecule has 96 valence electrons. The molecule has 0 saturated carbocycles. The molecular formula is C9H12N6O3. The molecule has 9 nitrogen and oxygen atoms in total. The summed E-state index contributed by atoms with van der Waals surface area (Å²) in [5, 5.41) is 5.86. The Labute approximate surface area is 101 Å². The Morgan fingerprint density at radius 3 is 2.89 bits per heavy atom. The molecule has 18 heavy (non-hydrogen) atoms. The van der Waals surface area contributed by atoms with E-state index in [0.717, 1.165) is 6.20 Å². The van der Waals surface area contributed by atoms with Crippen molar-refractivity contribution in [2.75, 3.05) is 13.1 Å².